The maximum Gasteiger partial charge on any atom is 0.306 e. The van der Waals surface area contributed by atoms with Gasteiger partial charge >= 0.3 is 5.97 Å². The first-order chi connectivity index (χ1) is 30.0. The van der Waals surface area contributed by atoms with Gasteiger partial charge in [-0.2, -0.15) is 0 Å². The van der Waals surface area contributed by atoms with Crippen LogP contribution in [0.15, 0.2) is 0 Å². The van der Waals surface area contributed by atoms with Crippen LogP contribution in [-0.2, 0) is 14.3 Å². The highest BCUT2D eigenvalue weighted by molar-refractivity contribution is 5.77. The Balaban J connectivity index is 4.44. The SMILES string of the molecule is CCCCCCCCCCCCCCCCCCCC(O)C(CO)NC(=O)CC(CCCCCCCCCCCCCCC)OC(=O)CCCCCCCCCCCCCC. The molecule has 0 fully saturated rings. The Morgan fingerprint density at radius 2 is 0.689 bits per heavy atom. The number of aliphatic hydroxyl groups excluding tert-OH is 2. The van der Waals surface area contributed by atoms with Crippen molar-refractivity contribution in [3.8, 4) is 0 Å². The Labute approximate surface area is 381 Å². The Morgan fingerprint density at radius 3 is 1.00 bits per heavy atom. The highest BCUT2D eigenvalue weighted by Gasteiger charge is 2.24. The van der Waals surface area contributed by atoms with E-state index in [1.165, 1.54) is 225 Å². The number of carbonyl (C=O) groups is 2. The van der Waals surface area contributed by atoms with Crippen molar-refractivity contribution in [1.82, 2.24) is 5.32 Å². The molecule has 0 saturated carbocycles. The van der Waals surface area contributed by atoms with E-state index in [1.807, 2.05) is 0 Å². The fraction of sp³-hybridized carbons (Fsp3) is 0.964. The fourth-order valence-electron chi connectivity index (χ4n) is 8.96. The summed E-state index contributed by atoms with van der Waals surface area (Å²) in [5.41, 5.74) is 0. The third kappa shape index (κ3) is 45.2. The van der Waals surface area contributed by atoms with E-state index in [1.54, 1.807) is 0 Å². The first-order valence-electron chi connectivity index (χ1n) is 27.8. The number of ether oxygens (including phenoxy) is 1. The quantitative estimate of drug-likeness (QED) is 0.0418. The van der Waals surface area contributed by atoms with Gasteiger partial charge in [-0.25, -0.2) is 0 Å². The van der Waals surface area contributed by atoms with E-state index in [2.05, 4.69) is 26.1 Å². The molecule has 0 aliphatic rings. The van der Waals surface area contributed by atoms with Gasteiger partial charge in [-0.15, -0.1) is 0 Å². The van der Waals surface area contributed by atoms with Gasteiger partial charge in [-0.3, -0.25) is 9.59 Å². The summed E-state index contributed by atoms with van der Waals surface area (Å²) in [5, 5.41) is 23.9. The second-order valence-electron chi connectivity index (χ2n) is 19.4. The topological polar surface area (TPSA) is 95.9 Å². The number of unbranched alkanes of at least 4 members (excludes halogenated alkanes) is 39. The molecule has 1 amide bonds. The van der Waals surface area contributed by atoms with E-state index in [0.29, 0.717) is 19.3 Å². The van der Waals surface area contributed by atoms with Gasteiger partial charge in [0, 0.05) is 6.42 Å². The molecule has 61 heavy (non-hydrogen) atoms. The van der Waals surface area contributed by atoms with Crippen molar-refractivity contribution in [2.75, 3.05) is 6.61 Å². The van der Waals surface area contributed by atoms with Crippen LogP contribution in [0.5, 0.6) is 0 Å². The molecule has 0 aromatic carbocycles. The number of aliphatic hydroxyl groups is 2. The molecule has 0 aromatic rings. The van der Waals surface area contributed by atoms with E-state index in [0.717, 1.165) is 44.9 Å². The summed E-state index contributed by atoms with van der Waals surface area (Å²) in [5.74, 6) is -0.449. The molecule has 0 aliphatic carbocycles. The van der Waals surface area contributed by atoms with E-state index in [4.69, 9.17) is 4.74 Å². The number of amides is 1. The average Bonchev–Trinajstić information content (AvgIpc) is 3.25. The molecule has 3 N–H and O–H groups in total. The van der Waals surface area contributed by atoms with Crippen LogP contribution in [0.3, 0.4) is 0 Å². The maximum atomic E-state index is 13.2. The molecule has 6 nitrogen and oxygen atoms in total. The van der Waals surface area contributed by atoms with Gasteiger partial charge < -0.3 is 20.3 Å². The molecule has 364 valence electrons. The summed E-state index contributed by atoms with van der Waals surface area (Å²) in [4.78, 5) is 26.2. The van der Waals surface area contributed by atoms with Crippen molar-refractivity contribution in [2.45, 2.75) is 334 Å². The van der Waals surface area contributed by atoms with Gasteiger partial charge in [0.2, 0.25) is 5.91 Å². The van der Waals surface area contributed by atoms with E-state index >= 15 is 0 Å². The second kappa shape index (κ2) is 49.9. The third-order valence-corrected chi connectivity index (χ3v) is 13.2. The predicted octanol–water partition coefficient (Wildman–Crippen LogP) is 16.7. The van der Waals surface area contributed by atoms with Gasteiger partial charge in [-0.1, -0.05) is 278 Å². The largest absolute Gasteiger partial charge is 0.462 e. The van der Waals surface area contributed by atoms with Crippen LogP contribution in [-0.4, -0.2) is 46.9 Å². The molecule has 0 aromatic heterocycles. The van der Waals surface area contributed by atoms with Crippen LogP contribution >= 0.6 is 0 Å². The van der Waals surface area contributed by atoms with E-state index in [9.17, 15) is 19.8 Å². The molecule has 0 spiro atoms. The minimum Gasteiger partial charge on any atom is -0.462 e. The zero-order chi connectivity index (χ0) is 44.5. The number of hydrogen-bond donors (Lipinski definition) is 3. The molecule has 0 radical (unpaired) electrons. The molecular formula is C55H109NO5. The predicted molar refractivity (Wildman–Crippen MR) is 264 cm³/mol. The molecule has 0 heterocycles. The molecule has 0 bridgehead atoms. The third-order valence-electron chi connectivity index (χ3n) is 13.2. The highest BCUT2D eigenvalue weighted by Crippen LogP contribution is 2.19. The van der Waals surface area contributed by atoms with Crippen LogP contribution in [0.25, 0.3) is 0 Å². The summed E-state index contributed by atoms with van der Waals surface area (Å²) in [6.45, 7) is 6.52. The van der Waals surface area contributed by atoms with Crippen molar-refractivity contribution >= 4 is 11.9 Å². The van der Waals surface area contributed by atoms with Gasteiger partial charge in [-0.05, 0) is 25.7 Å². The molecule has 6 heteroatoms. The monoisotopic (exact) mass is 864 g/mol. The molecule has 0 aliphatic heterocycles. The fourth-order valence-corrected chi connectivity index (χ4v) is 8.96. The summed E-state index contributed by atoms with van der Waals surface area (Å²) < 4.78 is 5.95. The smallest absolute Gasteiger partial charge is 0.306 e. The normalized spacial score (nSPS) is 13.1. The van der Waals surface area contributed by atoms with Crippen molar-refractivity contribution < 1.29 is 24.5 Å². The van der Waals surface area contributed by atoms with Crippen molar-refractivity contribution in [1.29, 1.82) is 0 Å². The van der Waals surface area contributed by atoms with Crippen LogP contribution < -0.4 is 5.32 Å². The Morgan fingerprint density at radius 1 is 0.410 bits per heavy atom. The van der Waals surface area contributed by atoms with Gasteiger partial charge in [0.15, 0.2) is 0 Å². The lowest BCUT2D eigenvalue weighted by molar-refractivity contribution is -0.151. The van der Waals surface area contributed by atoms with Crippen molar-refractivity contribution in [3.63, 3.8) is 0 Å². The first kappa shape index (κ1) is 59.9. The van der Waals surface area contributed by atoms with Crippen molar-refractivity contribution in [2.24, 2.45) is 0 Å². The van der Waals surface area contributed by atoms with Crippen LogP contribution in [0.1, 0.15) is 316 Å². The van der Waals surface area contributed by atoms with Gasteiger partial charge in [0.05, 0.1) is 25.2 Å². The molecule has 3 unspecified atom stereocenters. The highest BCUT2D eigenvalue weighted by atomic mass is 16.5. The zero-order valence-corrected chi connectivity index (χ0v) is 41.6. The van der Waals surface area contributed by atoms with Gasteiger partial charge in [0.25, 0.3) is 0 Å². The van der Waals surface area contributed by atoms with E-state index < -0.39 is 18.2 Å². The summed E-state index contributed by atoms with van der Waals surface area (Å²) >= 11 is 0. The van der Waals surface area contributed by atoms with E-state index in [-0.39, 0.29) is 24.9 Å². The summed E-state index contributed by atoms with van der Waals surface area (Å²) in [6, 6.07) is -0.692. The Hall–Kier alpha value is -1.14. The number of carbonyl (C=O) groups excluding carboxylic acids is 2. The number of rotatable bonds is 51. The standard InChI is InChI=1S/C55H109NO5/c1-4-7-10-13-16-19-22-25-26-27-28-30-32-35-38-41-44-47-53(58)52(50-57)56-54(59)49-51(46-43-40-37-34-31-29-23-20-17-14-11-8-5-2)61-55(60)48-45-42-39-36-33-24-21-18-15-12-9-6-3/h51-53,57-58H,4-50H2,1-3H3,(H,56,59). The first-order valence-corrected chi connectivity index (χ1v) is 27.8. The Kier molecular flexibility index (Phi) is 48.9. The maximum absolute atomic E-state index is 13.2. The van der Waals surface area contributed by atoms with Crippen LogP contribution in [0.4, 0.5) is 0 Å². The molecule has 0 saturated heterocycles. The lowest BCUT2D eigenvalue weighted by Gasteiger charge is -2.24. The van der Waals surface area contributed by atoms with Gasteiger partial charge in [0.1, 0.15) is 6.10 Å². The summed E-state index contributed by atoms with van der Waals surface area (Å²) in [7, 11) is 0. The van der Waals surface area contributed by atoms with Crippen molar-refractivity contribution in [3.05, 3.63) is 0 Å². The number of nitrogens with one attached hydrogen (secondary N) is 1. The van der Waals surface area contributed by atoms with Crippen LogP contribution in [0, 0.1) is 0 Å². The number of hydrogen-bond acceptors (Lipinski definition) is 5. The molecule has 0 rings (SSSR count). The minimum absolute atomic E-state index is 0.0881. The zero-order valence-electron chi connectivity index (χ0n) is 41.6. The summed E-state index contributed by atoms with van der Waals surface area (Å²) in [6.07, 6.45) is 54.5. The minimum atomic E-state index is -0.779. The lowest BCUT2D eigenvalue weighted by atomic mass is 10.0. The molecule has 3 atom stereocenters. The average molecular weight is 864 g/mol. The Bertz CT molecular complexity index is 882. The molecular weight excluding hydrogens is 755 g/mol. The van der Waals surface area contributed by atoms with Crippen LogP contribution in [0.2, 0.25) is 0 Å². The lowest BCUT2D eigenvalue weighted by Crippen LogP contribution is -2.46. The second-order valence-corrected chi connectivity index (χ2v) is 19.4. The number of esters is 1.